The molecule has 0 aliphatic rings. The molecule has 0 aliphatic heterocycles. The molecular formula is C13H18O3. The number of aliphatic hydroxyl groups is 1. The van der Waals surface area contributed by atoms with E-state index in [1.54, 1.807) is 20.3 Å². The number of benzene rings is 1. The van der Waals surface area contributed by atoms with Crippen molar-refractivity contribution in [3.8, 4) is 11.5 Å². The summed E-state index contributed by atoms with van der Waals surface area (Å²) in [6.45, 7) is 3.80. The molecule has 1 aromatic carbocycles. The van der Waals surface area contributed by atoms with E-state index in [9.17, 15) is 0 Å². The van der Waals surface area contributed by atoms with Crippen LogP contribution in [0.2, 0.25) is 0 Å². The van der Waals surface area contributed by atoms with E-state index in [4.69, 9.17) is 14.6 Å². The molecule has 0 amide bonds. The Kier molecular flexibility index (Phi) is 4.86. The predicted molar refractivity (Wildman–Crippen MR) is 64.0 cm³/mol. The standard InChI is InChI=1S/C13H18O3/c1-4-10(9-14)7-11-5-6-12(15-2)13(8-11)16-3/h4-6,8,10,14H,1,7,9H2,2-3H3. The average molecular weight is 222 g/mol. The van der Waals surface area contributed by atoms with Crippen LogP contribution < -0.4 is 9.47 Å². The maximum Gasteiger partial charge on any atom is 0.160 e. The summed E-state index contributed by atoms with van der Waals surface area (Å²) in [6.07, 6.45) is 2.51. The third-order valence-corrected chi connectivity index (χ3v) is 2.51. The second-order valence-electron chi connectivity index (χ2n) is 3.57. The average Bonchev–Trinajstić information content (AvgIpc) is 2.35. The second kappa shape index (κ2) is 6.18. The van der Waals surface area contributed by atoms with Crippen molar-refractivity contribution in [1.29, 1.82) is 0 Å². The van der Waals surface area contributed by atoms with Gasteiger partial charge in [0.1, 0.15) is 0 Å². The lowest BCUT2D eigenvalue weighted by atomic mass is 10.00. The molecular weight excluding hydrogens is 204 g/mol. The summed E-state index contributed by atoms with van der Waals surface area (Å²) in [6, 6.07) is 5.75. The molecule has 0 bridgehead atoms. The minimum atomic E-state index is 0.0816. The van der Waals surface area contributed by atoms with Crippen LogP contribution in [0, 0.1) is 5.92 Å². The third-order valence-electron chi connectivity index (χ3n) is 2.51. The summed E-state index contributed by atoms with van der Waals surface area (Å²) in [5.41, 5.74) is 1.09. The zero-order valence-corrected chi connectivity index (χ0v) is 9.77. The number of ether oxygens (including phenoxy) is 2. The molecule has 1 rings (SSSR count). The maximum atomic E-state index is 9.09. The maximum absolute atomic E-state index is 9.09. The second-order valence-corrected chi connectivity index (χ2v) is 3.57. The summed E-state index contributed by atoms with van der Waals surface area (Å²) in [5.74, 6) is 1.50. The lowest BCUT2D eigenvalue weighted by molar-refractivity contribution is 0.252. The van der Waals surface area contributed by atoms with E-state index >= 15 is 0 Å². The first-order valence-electron chi connectivity index (χ1n) is 5.19. The third kappa shape index (κ3) is 3.00. The first-order valence-corrected chi connectivity index (χ1v) is 5.19. The Morgan fingerprint density at radius 2 is 2.00 bits per heavy atom. The Labute approximate surface area is 96.3 Å². The van der Waals surface area contributed by atoms with Gasteiger partial charge in [-0.3, -0.25) is 0 Å². The number of hydrogen-bond acceptors (Lipinski definition) is 3. The van der Waals surface area contributed by atoms with Crippen LogP contribution in [-0.4, -0.2) is 25.9 Å². The fourth-order valence-electron chi connectivity index (χ4n) is 1.53. The topological polar surface area (TPSA) is 38.7 Å². The molecule has 0 heterocycles. The molecule has 3 nitrogen and oxygen atoms in total. The molecule has 0 aliphatic carbocycles. The zero-order valence-electron chi connectivity index (χ0n) is 9.77. The first kappa shape index (κ1) is 12.6. The van der Waals surface area contributed by atoms with Gasteiger partial charge in [0.25, 0.3) is 0 Å². The molecule has 0 radical (unpaired) electrons. The van der Waals surface area contributed by atoms with Gasteiger partial charge in [-0.05, 0) is 24.1 Å². The summed E-state index contributed by atoms with van der Waals surface area (Å²) in [5, 5.41) is 9.09. The summed E-state index contributed by atoms with van der Waals surface area (Å²) < 4.78 is 10.4. The highest BCUT2D eigenvalue weighted by atomic mass is 16.5. The molecule has 0 saturated carbocycles. The fraction of sp³-hybridized carbons (Fsp3) is 0.385. The van der Waals surface area contributed by atoms with Gasteiger partial charge in [-0.25, -0.2) is 0 Å². The molecule has 1 aromatic rings. The molecule has 88 valence electrons. The van der Waals surface area contributed by atoms with Crippen LogP contribution in [0.3, 0.4) is 0 Å². The minimum absolute atomic E-state index is 0.0816. The van der Waals surface area contributed by atoms with Crippen LogP contribution in [0.1, 0.15) is 5.56 Å². The molecule has 1 unspecified atom stereocenters. The van der Waals surface area contributed by atoms with E-state index in [0.29, 0.717) is 11.5 Å². The van der Waals surface area contributed by atoms with Crippen LogP contribution in [-0.2, 0) is 6.42 Å². The number of methoxy groups -OCH3 is 2. The van der Waals surface area contributed by atoms with E-state index in [1.165, 1.54) is 0 Å². The van der Waals surface area contributed by atoms with Gasteiger partial charge < -0.3 is 14.6 Å². The van der Waals surface area contributed by atoms with Crippen LogP contribution in [0.15, 0.2) is 30.9 Å². The lowest BCUT2D eigenvalue weighted by Gasteiger charge is -2.12. The number of hydrogen-bond donors (Lipinski definition) is 1. The quantitative estimate of drug-likeness (QED) is 0.749. The minimum Gasteiger partial charge on any atom is -0.493 e. The Bertz CT molecular complexity index is 347. The van der Waals surface area contributed by atoms with Crippen LogP contribution in [0.5, 0.6) is 11.5 Å². The highest BCUT2D eigenvalue weighted by Gasteiger charge is 2.08. The van der Waals surface area contributed by atoms with Gasteiger partial charge >= 0.3 is 0 Å². The van der Waals surface area contributed by atoms with Gasteiger partial charge in [-0.15, -0.1) is 6.58 Å². The summed E-state index contributed by atoms with van der Waals surface area (Å²) in [4.78, 5) is 0. The van der Waals surface area contributed by atoms with Gasteiger partial charge in [0, 0.05) is 12.5 Å². The van der Waals surface area contributed by atoms with E-state index in [2.05, 4.69) is 6.58 Å². The van der Waals surface area contributed by atoms with E-state index in [0.717, 1.165) is 12.0 Å². The van der Waals surface area contributed by atoms with Crippen molar-refractivity contribution in [2.45, 2.75) is 6.42 Å². The molecule has 0 saturated heterocycles. The van der Waals surface area contributed by atoms with Crippen molar-refractivity contribution in [1.82, 2.24) is 0 Å². The predicted octanol–water partition coefficient (Wildman–Crippen LogP) is 2.04. The van der Waals surface area contributed by atoms with Gasteiger partial charge in [0.2, 0.25) is 0 Å². The van der Waals surface area contributed by atoms with Gasteiger partial charge in [0.05, 0.1) is 14.2 Å². The molecule has 0 aromatic heterocycles. The number of aliphatic hydroxyl groups excluding tert-OH is 1. The molecule has 16 heavy (non-hydrogen) atoms. The van der Waals surface area contributed by atoms with Crippen LogP contribution >= 0.6 is 0 Å². The van der Waals surface area contributed by atoms with Crippen molar-refractivity contribution in [3.63, 3.8) is 0 Å². The SMILES string of the molecule is C=CC(CO)Cc1ccc(OC)c(OC)c1. The molecule has 1 atom stereocenters. The summed E-state index contributed by atoms with van der Waals surface area (Å²) in [7, 11) is 3.22. The van der Waals surface area contributed by atoms with Gasteiger partial charge in [0.15, 0.2) is 11.5 Å². The van der Waals surface area contributed by atoms with Crippen molar-refractivity contribution < 1.29 is 14.6 Å². The van der Waals surface area contributed by atoms with Crippen molar-refractivity contribution in [3.05, 3.63) is 36.4 Å². The van der Waals surface area contributed by atoms with E-state index in [1.807, 2.05) is 18.2 Å². The lowest BCUT2D eigenvalue weighted by Crippen LogP contribution is -2.06. The Morgan fingerprint density at radius 3 is 2.50 bits per heavy atom. The smallest absolute Gasteiger partial charge is 0.160 e. The number of rotatable bonds is 6. The monoisotopic (exact) mass is 222 g/mol. The van der Waals surface area contributed by atoms with Gasteiger partial charge in [-0.1, -0.05) is 12.1 Å². The Balaban J connectivity index is 2.86. The van der Waals surface area contributed by atoms with Crippen molar-refractivity contribution >= 4 is 0 Å². The highest BCUT2D eigenvalue weighted by Crippen LogP contribution is 2.28. The molecule has 1 N–H and O–H groups in total. The normalized spacial score (nSPS) is 11.9. The summed E-state index contributed by atoms with van der Waals surface area (Å²) >= 11 is 0. The molecule has 0 fully saturated rings. The molecule has 0 spiro atoms. The fourth-order valence-corrected chi connectivity index (χ4v) is 1.53. The first-order chi connectivity index (χ1) is 7.74. The van der Waals surface area contributed by atoms with Crippen molar-refractivity contribution in [2.75, 3.05) is 20.8 Å². The zero-order chi connectivity index (χ0) is 12.0. The highest BCUT2D eigenvalue weighted by molar-refractivity contribution is 5.43. The van der Waals surface area contributed by atoms with E-state index < -0.39 is 0 Å². The Hall–Kier alpha value is -1.48. The van der Waals surface area contributed by atoms with Gasteiger partial charge in [-0.2, -0.15) is 0 Å². The van der Waals surface area contributed by atoms with Crippen LogP contribution in [0.25, 0.3) is 0 Å². The van der Waals surface area contributed by atoms with Crippen LogP contribution in [0.4, 0.5) is 0 Å². The molecule has 3 heteroatoms. The largest absolute Gasteiger partial charge is 0.493 e. The Morgan fingerprint density at radius 1 is 1.31 bits per heavy atom. The van der Waals surface area contributed by atoms with E-state index in [-0.39, 0.29) is 12.5 Å². The van der Waals surface area contributed by atoms with Crippen molar-refractivity contribution in [2.24, 2.45) is 5.92 Å².